The second kappa shape index (κ2) is 6.48. The smallest absolute Gasteiger partial charge is 0.259 e. The van der Waals surface area contributed by atoms with E-state index < -0.39 is 0 Å². The molecule has 2 aromatic heterocycles. The first kappa shape index (κ1) is 15.6. The van der Waals surface area contributed by atoms with Gasteiger partial charge in [0.05, 0.1) is 5.69 Å². The van der Waals surface area contributed by atoms with Crippen LogP contribution < -0.4 is 5.56 Å². The summed E-state index contributed by atoms with van der Waals surface area (Å²) < 4.78 is 1.67. The molecule has 0 amide bonds. The molecule has 0 aromatic carbocycles. The van der Waals surface area contributed by atoms with Crippen molar-refractivity contribution in [1.29, 1.82) is 0 Å². The number of thiazole rings is 1. The molecule has 3 rings (SSSR count). The van der Waals surface area contributed by atoms with Crippen LogP contribution in [0.25, 0.3) is 4.96 Å². The fraction of sp³-hybridized carbons (Fsp3) is 0.625. The Labute approximate surface area is 134 Å². The lowest BCUT2D eigenvalue weighted by atomic mass is 9.86. The van der Waals surface area contributed by atoms with Crippen LogP contribution in [-0.4, -0.2) is 39.1 Å². The van der Waals surface area contributed by atoms with Crippen molar-refractivity contribution >= 4 is 16.3 Å². The molecular formula is C16H23N3O2S. The highest BCUT2D eigenvalue weighted by molar-refractivity contribution is 7.15. The third-order valence-corrected chi connectivity index (χ3v) is 5.68. The second-order valence-corrected chi connectivity index (χ2v) is 7.19. The fourth-order valence-corrected chi connectivity index (χ4v) is 4.23. The predicted octanol–water partition coefficient (Wildman–Crippen LogP) is 2.05. The minimum Gasteiger partial charge on any atom is -0.396 e. The Bertz CT molecular complexity index is 701. The van der Waals surface area contributed by atoms with Crippen LogP contribution in [0.4, 0.5) is 0 Å². The van der Waals surface area contributed by atoms with Crippen molar-refractivity contribution in [3.63, 3.8) is 0 Å². The molecule has 0 bridgehead atoms. The van der Waals surface area contributed by atoms with E-state index in [1.807, 2.05) is 12.3 Å². The van der Waals surface area contributed by atoms with Gasteiger partial charge in [0.2, 0.25) is 0 Å². The van der Waals surface area contributed by atoms with Gasteiger partial charge >= 0.3 is 0 Å². The first-order valence-electron chi connectivity index (χ1n) is 7.86. The van der Waals surface area contributed by atoms with Gasteiger partial charge in [-0.3, -0.25) is 14.1 Å². The molecule has 1 fully saturated rings. The van der Waals surface area contributed by atoms with Crippen LogP contribution in [0.15, 0.2) is 16.2 Å². The standard InChI is InChI=1S/C16H23N3O2S/c1-11-10-22-16-17-13(7-15(21)19(11)16)8-18(2)14-5-3-12(9-20)4-6-14/h7,10,12,14,20H,3-6,8-9H2,1-2H3. The monoisotopic (exact) mass is 321 g/mol. The number of aliphatic hydroxyl groups is 1. The minimum absolute atomic E-state index is 0.0103. The van der Waals surface area contributed by atoms with Gasteiger partial charge in [-0.2, -0.15) is 0 Å². The van der Waals surface area contributed by atoms with Crippen molar-refractivity contribution in [3.05, 3.63) is 33.2 Å². The van der Waals surface area contributed by atoms with Crippen molar-refractivity contribution < 1.29 is 5.11 Å². The van der Waals surface area contributed by atoms with Crippen LogP contribution >= 0.6 is 11.3 Å². The van der Waals surface area contributed by atoms with Crippen LogP contribution in [0.3, 0.4) is 0 Å². The average molecular weight is 321 g/mol. The summed E-state index contributed by atoms with van der Waals surface area (Å²) in [4.78, 5) is 19.9. The zero-order valence-electron chi connectivity index (χ0n) is 13.2. The van der Waals surface area contributed by atoms with Crippen LogP contribution in [0, 0.1) is 12.8 Å². The van der Waals surface area contributed by atoms with E-state index in [-0.39, 0.29) is 5.56 Å². The lowest BCUT2D eigenvalue weighted by Crippen LogP contribution is -2.35. The number of aromatic nitrogens is 2. The van der Waals surface area contributed by atoms with Crippen molar-refractivity contribution in [2.75, 3.05) is 13.7 Å². The van der Waals surface area contributed by atoms with Gasteiger partial charge < -0.3 is 5.11 Å². The Balaban J connectivity index is 1.72. The van der Waals surface area contributed by atoms with Gasteiger partial charge in [0.15, 0.2) is 4.96 Å². The molecule has 1 aliphatic rings. The van der Waals surface area contributed by atoms with E-state index in [0.717, 1.165) is 42.0 Å². The first-order chi connectivity index (χ1) is 10.6. The molecule has 5 nitrogen and oxygen atoms in total. The van der Waals surface area contributed by atoms with Gasteiger partial charge in [-0.15, -0.1) is 11.3 Å². The van der Waals surface area contributed by atoms with E-state index >= 15 is 0 Å². The molecule has 2 aromatic rings. The molecule has 6 heteroatoms. The summed E-state index contributed by atoms with van der Waals surface area (Å²) in [6.45, 7) is 2.94. The van der Waals surface area contributed by atoms with Crippen LogP contribution in [0.1, 0.15) is 37.1 Å². The lowest BCUT2D eigenvalue weighted by Gasteiger charge is -2.33. The Morgan fingerprint density at radius 1 is 1.41 bits per heavy atom. The maximum atomic E-state index is 12.2. The van der Waals surface area contributed by atoms with Crippen LogP contribution in [0.2, 0.25) is 0 Å². The highest BCUT2D eigenvalue weighted by atomic mass is 32.1. The maximum Gasteiger partial charge on any atom is 0.259 e. The van der Waals surface area contributed by atoms with Gasteiger partial charge in [-0.25, -0.2) is 4.98 Å². The third kappa shape index (κ3) is 3.09. The number of rotatable bonds is 4. The summed E-state index contributed by atoms with van der Waals surface area (Å²) >= 11 is 1.51. The van der Waals surface area contributed by atoms with Crippen LogP contribution in [-0.2, 0) is 6.54 Å². The second-order valence-electron chi connectivity index (χ2n) is 6.35. The molecule has 0 radical (unpaired) electrons. The number of aliphatic hydroxyl groups excluding tert-OH is 1. The largest absolute Gasteiger partial charge is 0.396 e. The third-order valence-electron chi connectivity index (χ3n) is 4.74. The molecule has 1 aliphatic carbocycles. The molecule has 2 heterocycles. The first-order valence-corrected chi connectivity index (χ1v) is 8.74. The summed E-state index contributed by atoms with van der Waals surface area (Å²) in [6, 6.07) is 2.18. The molecule has 22 heavy (non-hydrogen) atoms. The maximum absolute atomic E-state index is 12.2. The van der Waals surface area contributed by atoms with E-state index in [4.69, 9.17) is 0 Å². The van der Waals surface area contributed by atoms with Crippen molar-refractivity contribution in [1.82, 2.24) is 14.3 Å². The summed E-state index contributed by atoms with van der Waals surface area (Å²) in [5, 5.41) is 11.2. The normalized spacial score (nSPS) is 22.5. The lowest BCUT2D eigenvalue weighted by molar-refractivity contribution is 0.123. The van der Waals surface area contributed by atoms with Gasteiger partial charge in [-0.1, -0.05) is 0 Å². The SMILES string of the molecule is Cc1csc2nc(CN(C)C3CCC(CO)CC3)cc(=O)n12. The summed E-state index contributed by atoms with van der Waals surface area (Å²) in [7, 11) is 2.10. The zero-order chi connectivity index (χ0) is 15.7. The van der Waals surface area contributed by atoms with Crippen LogP contribution in [0.5, 0.6) is 0 Å². The minimum atomic E-state index is 0.0103. The highest BCUT2D eigenvalue weighted by Crippen LogP contribution is 2.27. The number of hydrogen-bond donors (Lipinski definition) is 1. The average Bonchev–Trinajstić information content (AvgIpc) is 2.89. The van der Waals surface area contributed by atoms with Crippen molar-refractivity contribution in [3.8, 4) is 0 Å². The van der Waals surface area contributed by atoms with E-state index in [1.54, 1.807) is 10.5 Å². The molecule has 1 saturated carbocycles. The van der Waals surface area contributed by atoms with Gasteiger partial charge in [-0.05, 0) is 45.6 Å². The van der Waals surface area contributed by atoms with E-state index in [1.165, 1.54) is 11.3 Å². The molecule has 1 N–H and O–H groups in total. The molecule has 0 unspecified atom stereocenters. The van der Waals surface area contributed by atoms with Gasteiger partial charge in [0.1, 0.15) is 0 Å². The summed E-state index contributed by atoms with van der Waals surface area (Å²) in [5.74, 6) is 0.470. The van der Waals surface area contributed by atoms with Gasteiger partial charge in [0, 0.05) is 36.3 Å². The van der Waals surface area contributed by atoms with E-state index in [0.29, 0.717) is 25.1 Å². The predicted molar refractivity (Wildman–Crippen MR) is 88.4 cm³/mol. The molecule has 0 atom stereocenters. The van der Waals surface area contributed by atoms with E-state index in [2.05, 4.69) is 16.9 Å². The Hall–Kier alpha value is -1.24. The summed E-state index contributed by atoms with van der Waals surface area (Å²) in [6.07, 6.45) is 4.40. The quantitative estimate of drug-likeness (QED) is 0.936. The van der Waals surface area contributed by atoms with Crippen molar-refractivity contribution in [2.45, 2.75) is 45.2 Å². The van der Waals surface area contributed by atoms with E-state index in [9.17, 15) is 9.90 Å². The molecule has 0 saturated heterocycles. The number of nitrogens with zero attached hydrogens (tertiary/aromatic N) is 3. The Morgan fingerprint density at radius 2 is 2.14 bits per heavy atom. The topological polar surface area (TPSA) is 57.8 Å². The molecular weight excluding hydrogens is 298 g/mol. The van der Waals surface area contributed by atoms with Crippen molar-refractivity contribution in [2.24, 2.45) is 5.92 Å². The Morgan fingerprint density at radius 3 is 2.82 bits per heavy atom. The fourth-order valence-electron chi connectivity index (χ4n) is 3.33. The number of fused-ring (bicyclic) bond motifs is 1. The molecule has 120 valence electrons. The van der Waals surface area contributed by atoms with Gasteiger partial charge in [0.25, 0.3) is 5.56 Å². The molecule has 0 aliphatic heterocycles. The number of hydrogen-bond acceptors (Lipinski definition) is 5. The number of aryl methyl sites for hydroxylation is 1. The molecule has 0 spiro atoms. The highest BCUT2D eigenvalue weighted by Gasteiger charge is 2.24. The summed E-state index contributed by atoms with van der Waals surface area (Å²) in [5.41, 5.74) is 1.80. The zero-order valence-corrected chi connectivity index (χ0v) is 14.0. The Kier molecular flexibility index (Phi) is 4.61.